The molecule has 0 spiro atoms. The Balaban J connectivity index is 3.85. The average molecular weight is 224 g/mol. The first-order chi connectivity index (χ1) is 5.07. The van der Waals surface area contributed by atoms with Crippen LogP contribution >= 0.6 is 0 Å². The standard InChI is InChI=1S/C6H11NO3Se/c1-2-3-11(10)4-5(7)6(8)9/h2-3,5H,4,7H2,1H3,(H,8,9)/b3-2+/t5-,11?/m0/s1. The van der Waals surface area contributed by atoms with Gasteiger partial charge in [0.05, 0.1) is 0 Å². The monoisotopic (exact) mass is 225 g/mol. The predicted molar refractivity (Wildman–Crippen MR) is 41.7 cm³/mol. The van der Waals surface area contributed by atoms with Gasteiger partial charge in [-0.05, 0) is 0 Å². The van der Waals surface area contributed by atoms with Gasteiger partial charge >= 0.3 is 68.6 Å². The van der Waals surface area contributed by atoms with Gasteiger partial charge in [-0.3, -0.25) is 0 Å². The fraction of sp³-hybridized carbons (Fsp3) is 0.500. The molecule has 0 aromatic rings. The number of hydrogen-bond acceptors (Lipinski definition) is 3. The molecule has 3 N–H and O–H groups in total. The Morgan fingerprint density at radius 3 is 2.73 bits per heavy atom. The van der Waals surface area contributed by atoms with Gasteiger partial charge in [-0.2, -0.15) is 0 Å². The topological polar surface area (TPSA) is 80.4 Å². The number of carbonyl (C=O) groups is 1. The second kappa shape index (κ2) is 5.18. The SMILES string of the molecule is C/C=C/[Se](=O)C[C@H](N)C(=O)O. The zero-order valence-electron chi connectivity index (χ0n) is 6.19. The van der Waals surface area contributed by atoms with Gasteiger partial charge in [-0.1, -0.05) is 0 Å². The van der Waals surface area contributed by atoms with E-state index in [1.54, 1.807) is 13.0 Å². The first-order valence-corrected chi connectivity index (χ1v) is 5.96. The molecule has 0 aromatic heterocycles. The molecule has 0 rings (SSSR count). The van der Waals surface area contributed by atoms with Crippen LogP contribution in [0, 0.1) is 0 Å². The van der Waals surface area contributed by atoms with Gasteiger partial charge in [0.2, 0.25) is 0 Å². The van der Waals surface area contributed by atoms with Crippen molar-refractivity contribution in [3.05, 3.63) is 11.1 Å². The number of carboxylic acid groups (broad SMARTS) is 1. The Kier molecular flexibility index (Phi) is 4.94. The summed E-state index contributed by atoms with van der Waals surface area (Å²) < 4.78 is 10.9. The molecule has 0 saturated carbocycles. The summed E-state index contributed by atoms with van der Waals surface area (Å²) >= 11 is -2.13. The van der Waals surface area contributed by atoms with E-state index in [1.165, 1.54) is 4.97 Å². The fourth-order valence-corrected chi connectivity index (χ4v) is 2.37. The van der Waals surface area contributed by atoms with Crippen molar-refractivity contribution in [2.45, 2.75) is 18.3 Å². The Hall–Kier alpha value is -0.511. The number of allylic oxidation sites excluding steroid dienone is 1. The Morgan fingerprint density at radius 1 is 1.82 bits per heavy atom. The first-order valence-electron chi connectivity index (χ1n) is 3.06. The van der Waals surface area contributed by atoms with Crippen molar-refractivity contribution < 1.29 is 13.7 Å². The molecule has 0 aliphatic carbocycles. The zero-order valence-corrected chi connectivity index (χ0v) is 7.90. The van der Waals surface area contributed by atoms with Crippen molar-refractivity contribution in [1.82, 2.24) is 0 Å². The van der Waals surface area contributed by atoms with E-state index in [0.29, 0.717) is 0 Å². The molecular weight excluding hydrogens is 213 g/mol. The molecule has 4 nitrogen and oxygen atoms in total. The van der Waals surface area contributed by atoms with Crippen molar-refractivity contribution >= 4 is 19.8 Å². The molecule has 0 aromatic carbocycles. The van der Waals surface area contributed by atoms with Crippen molar-refractivity contribution in [3.63, 3.8) is 0 Å². The molecular formula is C6H11NO3Se. The number of hydrogen-bond donors (Lipinski definition) is 2. The van der Waals surface area contributed by atoms with Crippen LogP contribution in [0.15, 0.2) is 11.1 Å². The van der Waals surface area contributed by atoms with E-state index < -0.39 is 25.8 Å². The van der Waals surface area contributed by atoms with Crippen molar-refractivity contribution in [1.29, 1.82) is 0 Å². The zero-order chi connectivity index (χ0) is 8.85. The molecule has 0 amide bonds. The summed E-state index contributed by atoms with van der Waals surface area (Å²) in [5.74, 6) is -1.10. The van der Waals surface area contributed by atoms with Gasteiger partial charge in [0.15, 0.2) is 0 Å². The van der Waals surface area contributed by atoms with Crippen molar-refractivity contribution in [3.8, 4) is 0 Å². The molecule has 0 heterocycles. The van der Waals surface area contributed by atoms with Crippen LogP contribution in [0.2, 0.25) is 5.32 Å². The maximum atomic E-state index is 10.9. The number of carboxylic acids is 1. The van der Waals surface area contributed by atoms with Crippen LogP contribution in [0.3, 0.4) is 0 Å². The van der Waals surface area contributed by atoms with E-state index in [-0.39, 0.29) is 5.32 Å². The Labute approximate surface area is 69.2 Å². The molecule has 11 heavy (non-hydrogen) atoms. The second-order valence-electron chi connectivity index (χ2n) is 1.96. The Morgan fingerprint density at radius 2 is 2.36 bits per heavy atom. The number of rotatable bonds is 4. The van der Waals surface area contributed by atoms with Crippen LogP contribution in [0.25, 0.3) is 0 Å². The second-order valence-corrected chi connectivity index (χ2v) is 4.83. The molecule has 1 unspecified atom stereocenters. The van der Waals surface area contributed by atoms with Gasteiger partial charge in [0.25, 0.3) is 0 Å². The van der Waals surface area contributed by atoms with Gasteiger partial charge in [0, 0.05) is 0 Å². The van der Waals surface area contributed by atoms with E-state index >= 15 is 0 Å². The summed E-state index contributed by atoms with van der Waals surface area (Å²) in [5, 5.41) is 8.40. The van der Waals surface area contributed by atoms with E-state index in [0.717, 1.165) is 0 Å². The van der Waals surface area contributed by atoms with E-state index in [9.17, 15) is 8.63 Å². The molecule has 0 fully saturated rings. The average Bonchev–Trinajstić information content (AvgIpc) is 1.87. The molecule has 0 bridgehead atoms. The third-order valence-electron chi connectivity index (χ3n) is 0.949. The summed E-state index contributed by atoms with van der Waals surface area (Å²) in [7, 11) is 0. The van der Waals surface area contributed by atoms with E-state index in [1.807, 2.05) is 0 Å². The van der Waals surface area contributed by atoms with Gasteiger partial charge in [-0.25, -0.2) is 0 Å². The Bertz CT molecular complexity index is 190. The number of aliphatic carboxylic acids is 1. The molecule has 2 atom stereocenters. The minimum absolute atomic E-state index is 0.0691. The molecule has 64 valence electrons. The van der Waals surface area contributed by atoms with Crippen LogP contribution in [0.4, 0.5) is 0 Å². The normalized spacial score (nSPS) is 16.5. The third-order valence-corrected chi connectivity index (χ3v) is 3.60. The van der Waals surface area contributed by atoms with Crippen LogP contribution in [0.1, 0.15) is 6.92 Å². The third kappa shape index (κ3) is 4.84. The molecule has 0 saturated heterocycles. The molecule has 0 radical (unpaired) electrons. The molecule has 0 aliphatic heterocycles. The van der Waals surface area contributed by atoms with Crippen LogP contribution in [0.5, 0.6) is 0 Å². The quantitative estimate of drug-likeness (QED) is 0.655. The fourth-order valence-electron chi connectivity index (χ4n) is 0.456. The minimum atomic E-state index is -2.13. The summed E-state index contributed by atoms with van der Waals surface area (Å²) in [6.45, 7) is 1.74. The van der Waals surface area contributed by atoms with Crippen LogP contribution in [-0.4, -0.2) is 31.0 Å². The molecule has 0 aliphatic rings. The first kappa shape index (κ1) is 10.5. The summed E-state index contributed by atoms with van der Waals surface area (Å²) in [4.78, 5) is 11.7. The van der Waals surface area contributed by atoms with E-state index in [2.05, 4.69) is 0 Å². The summed E-state index contributed by atoms with van der Waals surface area (Å²) in [6, 6.07) is -0.992. The maximum absolute atomic E-state index is 10.9. The van der Waals surface area contributed by atoms with Gasteiger partial charge in [0.1, 0.15) is 0 Å². The molecule has 5 heteroatoms. The van der Waals surface area contributed by atoms with Gasteiger partial charge < -0.3 is 0 Å². The summed E-state index contributed by atoms with van der Waals surface area (Å²) in [6.07, 6.45) is 1.65. The number of nitrogens with two attached hydrogens (primary N) is 1. The van der Waals surface area contributed by atoms with E-state index in [4.69, 9.17) is 10.8 Å². The predicted octanol–water partition coefficient (Wildman–Crippen LogP) is -0.0644. The van der Waals surface area contributed by atoms with Gasteiger partial charge in [-0.15, -0.1) is 0 Å². The van der Waals surface area contributed by atoms with Crippen molar-refractivity contribution in [2.75, 3.05) is 0 Å². The van der Waals surface area contributed by atoms with Crippen molar-refractivity contribution in [2.24, 2.45) is 5.73 Å². The van der Waals surface area contributed by atoms with Crippen LogP contribution in [-0.2, 0) is 8.63 Å². The summed E-state index contributed by atoms with van der Waals surface area (Å²) in [5.41, 5.74) is 5.15. The van der Waals surface area contributed by atoms with Crippen LogP contribution < -0.4 is 5.73 Å².